The van der Waals surface area contributed by atoms with Gasteiger partial charge in [-0.2, -0.15) is 5.26 Å². The monoisotopic (exact) mass is 464 g/mol. The summed E-state index contributed by atoms with van der Waals surface area (Å²) in [4.78, 5) is 19.5. The number of benzene rings is 2. The van der Waals surface area contributed by atoms with E-state index in [0.29, 0.717) is 5.56 Å². The van der Waals surface area contributed by atoms with Gasteiger partial charge in [-0.1, -0.05) is 18.2 Å². The van der Waals surface area contributed by atoms with E-state index in [4.69, 9.17) is 5.26 Å². The first kappa shape index (κ1) is 23.3. The SMILES string of the molecule is N#Cc1ccc2c(c1)CCN(CCC1CCC(NC(=O)c3cccc(-c4ccncc4)c3)CC1)C2. The molecule has 1 saturated carbocycles. The zero-order chi connectivity index (χ0) is 24.0. The zero-order valence-electron chi connectivity index (χ0n) is 20.1. The minimum absolute atomic E-state index is 0.0240. The molecule has 0 atom stereocenters. The summed E-state index contributed by atoms with van der Waals surface area (Å²) in [5, 5.41) is 12.4. The normalized spacial score (nSPS) is 20.0. The molecule has 1 aliphatic heterocycles. The number of hydrogen-bond acceptors (Lipinski definition) is 4. The first-order valence-electron chi connectivity index (χ1n) is 12.7. The summed E-state index contributed by atoms with van der Waals surface area (Å²) in [6.07, 6.45) is 10.3. The van der Waals surface area contributed by atoms with Crippen LogP contribution in [0.15, 0.2) is 67.0 Å². The molecule has 2 aliphatic rings. The summed E-state index contributed by atoms with van der Waals surface area (Å²) >= 11 is 0. The molecule has 1 aromatic heterocycles. The highest BCUT2D eigenvalue weighted by molar-refractivity contribution is 5.95. The first-order chi connectivity index (χ1) is 17.2. The number of carbonyl (C=O) groups is 1. The van der Waals surface area contributed by atoms with E-state index in [0.717, 1.165) is 61.5 Å². The maximum absolute atomic E-state index is 12.9. The molecule has 1 N–H and O–H groups in total. The molecule has 1 amide bonds. The average molecular weight is 465 g/mol. The average Bonchev–Trinajstić information content (AvgIpc) is 2.93. The number of pyridine rings is 1. The molecule has 5 rings (SSSR count). The van der Waals surface area contributed by atoms with Crippen molar-refractivity contribution in [3.63, 3.8) is 0 Å². The Morgan fingerprint density at radius 3 is 2.63 bits per heavy atom. The summed E-state index contributed by atoms with van der Waals surface area (Å²) in [5.74, 6) is 0.761. The van der Waals surface area contributed by atoms with Crippen LogP contribution in [0.4, 0.5) is 0 Å². The quantitative estimate of drug-likeness (QED) is 0.533. The summed E-state index contributed by atoms with van der Waals surface area (Å²) in [6.45, 7) is 3.19. The Labute approximate surface area is 207 Å². The lowest BCUT2D eigenvalue weighted by atomic mass is 9.83. The van der Waals surface area contributed by atoms with E-state index in [-0.39, 0.29) is 11.9 Å². The molecule has 0 unspecified atom stereocenters. The summed E-state index contributed by atoms with van der Waals surface area (Å²) in [5.41, 5.74) is 6.29. The van der Waals surface area contributed by atoms with Gasteiger partial charge in [0.2, 0.25) is 0 Å². The fourth-order valence-electron chi connectivity index (χ4n) is 5.49. The Bertz CT molecular complexity index is 1210. The second-order valence-electron chi connectivity index (χ2n) is 9.92. The summed E-state index contributed by atoms with van der Waals surface area (Å²) in [6, 6.07) is 20.4. The van der Waals surface area contributed by atoms with Gasteiger partial charge in [0.1, 0.15) is 0 Å². The van der Waals surface area contributed by atoms with Gasteiger partial charge in [-0.3, -0.25) is 14.7 Å². The number of nitrogens with one attached hydrogen (secondary N) is 1. The lowest BCUT2D eigenvalue weighted by Gasteiger charge is -2.33. The molecular weight excluding hydrogens is 432 g/mol. The van der Waals surface area contributed by atoms with Gasteiger partial charge in [0.05, 0.1) is 11.6 Å². The lowest BCUT2D eigenvalue weighted by Crippen LogP contribution is -2.38. The number of carbonyl (C=O) groups excluding carboxylic acids is 1. The molecule has 2 aromatic carbocycles. The van der Waals surface area contributed by atoms with Crippen LogP contribution in [0, 0.1) is 17.2 Å². The van der Waals surface area contributed by atoms with Crippen LogP contribution in [0.3, 0.4) is 0 Å². The number of aromatic nitrogens is 1. The number of nitriles is 1. The van der Waals surface area contributed by atoms with E-state index in [1.54, 1.807) is 12.4 Å². The second-order valence-corrected chi connectivity index (χ2v) is 9.92. The highest BCUT2D eigenvalue weighted by Crippen LogP contribution is 2.29. The Balaban J connectivity index is 1.07. The Kier molecular flexibility index (Phi) is 7.20. The fraction of sp³-hybridized carbons (Fsp3) is 0.367. The third kappa shape index (κ3) is 5.78. The second kappa shape index (κ2) is 10.8. The van der Waals surface area contributed by atoms with E-state index in [9.17, 15) is 4.79 Å². The van der Waals surface area contributed by atoms with Crippen LogP contribution in [-0.2, 0) is 13.0 Å². The van der Waals surface area contributed by atoms with Crippen LogP contribution in [0.2, 0.25) is 0 Å². The largest absolute Gasteiger partial charge is 0.349 e. The summed E-state index contributed by atoms with van der Waals surface area (Å²) < 4.78 is 0. The van der Waals surface area contributed by atoms with Gasteiger partial charge in [0.25, 0.3) is 5.91 Å². The third-order valence-corrected chi connectivity index (χ3v) is 7.60. The van der Waals surface area contributed by atoms with Crippen molar-refractivity contribution < 1.29 is 4.79 Å². The van der Waals surface area contributed by atoms with E-state index in [2.05, 4.69) is 33.4 Å². The molecule has 0 radical (unpaired) electrons. The smallest absolute Gasteiger partial charge is 0.251 e. The highest BCUT2D eigenvalue weighted by Gasteiger charge is 2.24. The van der Waals surface area contributed by atoms with Gasteiger partial charge in [-0.05, 0) is 110 Å². The van der Waals surface area contributed by atoms with Gasteiger partial charge in [-0.15, -0.1) is 0 Å². The van der Waals surface area contributed by atoms with Crippen molar-refractivity contribution in [3.8, 4) is 17.2 Å². The predicted molar refractivity (Wildman–Crippen MR) is 138 cm³/mol. The third-order valence-electron chi connectivity index (χ3n) is 7.60. The number of rotatable bonds is 6. The maximum Gasteiger partial charge on any atom is 0.251 e. The van der Waals surface area contributed by atoms with Crippen LogP contribution in [0.1, 0.15) is 59.2 Å². The van der Waals surface area contributed by atoms with Crippen molar-refractivity contribution in [1.82, 2.24) is 15.2 Å². The van der Waals surface area contributed by atoms with Crippen LogP contribution in [0.5, 0.6) is 0 Å². The molecule has 3 aromatic rings. The molecule has 0 saturated heterocycles. The van der Waals surface area contributed by atoms with Gasteiger partial charge in [0.15, 0.2) is 0 Å². The Morgan fingerprint density at radius 1 is 1.00 bits per heavy atom. The van der Waals surface area contributed by atoms with Crippen molar-refractivity contribution in [3.05, 3.63) is 89.2 Å². The van der Waals surface area contributed by atoms with Crippen molar-refractivity contribution in [2.75, 3.05) is 13.1 Å². The van der Waals surface area contributed by atoms with Crippen LogP contribution in [0.25, 0.3) is 11.1 Å². The van der Waals surface area contributed by atoms with E-state index >= 15 is 0 Å². The highest BCUT2D eigenvalue weighted by atomic mass is 16.1. The number of hydrogen-bond donors (Lipinski definition) is 1. The Morgan fingerprint density at radius 2 is 1.83 bits per heavy atom. The molecule has 178 valence electrons. The molecular formula is C30H32N4O. The molecule has 0 spiro atoms. The van der Waals surface area contributed by atoms with E-state index < -0.39 is 0 Å². The number of amides is 1. The fourth-order valence-corrected chi connectivity index (χ4v) is 5.49. The van der Waals surface area contributed by atoms with Crippen LogP contribution >= 0.6 is 0 Å². The standard InChI is InChI=1S/C30H32N4O/c31-20-23-4-7-28-21-34(17-13-26(28)18-23)16-12-22-5-8-29(9-6-22)33-30(35)27-3-1-2-25(19-27)24-10-14-32-15-11-24/h1-4,7,10-11,14-15,18-19,22,29H,5-6,8-9,12-13,16-17,21H2,(H,33,35). The molecule has 35 heavy (non-hydrogen) atoms. The van der Waals surface area contributed by atoms with Crippen LogP contribution in [-0.4, -0.2) is 34.9 Å². The van der Waals surface area contributed by atoms with Crippen molar-refractivity contribution in [2.24, 2.45) is 5.92 Å². The minimum atomic E-state index is 0.0240. The predicted octanol–water partition coefficient (Wildman–Crippen LogP) is 5.36. The number of fused-ring (bicyclic) bond motifs is 1. The topological polar surface area (TPSA) is 69.0 Å². The molecule has 5 nitrogen and oxygen atoms in total. The van der Waals surface area contributed by atoms with Gasteiger partial charge >= 0.3 is 0 Å². The Hall–Kier alpha value is -3.49. The maximum atomic E-state index is 12.9. The van der Waals surface area contributed by atoms with Gasteiger partial charge in [0, 0.05) is 37.1 Å². The van der Waals surface area contributed by atoms with Crippen molar-refractivity contribution >= 4 is 5.91 Å². The van der Waals surface area contributed by atoms with E-state index in [1.807, 2.05) is 42.5 Å². The van der Waals surface area contributed by atoms with Gasteiger partial charge < -0.3 is 5.32 Å². The minimum Gasteiger partial charge on any atom is -0.349 e. The lowest BCUT2D eigenvalue weighted by molar-refractivity contribution is 0.0919. The molecule has 2 heterocycles. The molecule has 5 heteroatoms. The summed E-state index contributed by atoms with van der Waals surface area (Å²) in [7, 11) is 0. The van der Waals surface area contributed by atoms with E-state index in [1.165, 1.54) is 30.4 Å². The van der Waals surface area contributed by atoms with Gasteiger partial charge in [-0.25, -0.2) is 0 Å². The first-order valence-corrected chi connectivity index (χ1v) is 12.7. The number of nitrogens with zero attached hydrogens (tertiary/aromatic N) is 3. The van der Waals surface area contributed by atoms with Crippen molar-refractivity contribution in [1.29, 1.82) is 5.26 Å². The van der Waals surface area contributed by atoms with Crippen LogP contribution < -0.4 is 5.32 Å². The molecule has 1 aliphatic carbocycles. The molecule has 1 fully saturated rings. The van der Waals surface area contributed by atoms with Crippen molar-refractivity contribution in [2.45, 2.75) is 51.1 Å². The zero-order valence-corrected chi connectivity index (χ0v) is 20.1. The molecule has 0 bridgehead atoms.